The van der Waals surface area contributed by atoms with Crippen molar-refractivity contribution in [2.45, 2.75) is 38.8 Å². The molecule has 1 atom stereocenters. The normalized spacial score (nSPS) is 12.2. The molecule has 0 saturated heterocycles. The lowest BCUT2D eigenvalue weighted by Crippen LogP contribution is -2.44. The zero-order valence-electron chi connectivity index (χ0n) is 16.8. The molecule has 0 saturated carbocycles. The predicted octanol–water partition coefficient (Wildman–Crippen LogP) is 4.31. The van der Waals surface area contributed by atoms with Gasteiger partial charge in [0.25, 0.3) is 5.91 Å². The fourth-order valence-electron chi connectivity index (χ4n) is 2.84. The van der Waals surface area contributed by atoms with Crippen molar-refractivity contribution in [3.63, 3.8) is 0 Å². The van der Waals surface area contributed by atoms with Crippen LogP contribution in [0.1, 0.15) is 26.3 Å². The van der Waals surface area contributed by atoms with Crippen LogP contribution in [-0.4, -0.2) is 28.6 Å². The van der Waals surface area contributed by atoms with Gasteiger partial charge in [0, 0.05) is 17.3 Å². The number of benzene rings is 2. The van der Waals surface area contributed by atoms with Crippen LogP contribution in [0.4, 0.5) is 10.5 Å². The van der Waals surface area contributed by atoms with Gasteiger partial charge in [-0.25, -0.2) is 4.79 Å². The summed E-state index contributed by atoms with van der Waals surface area (Å²) in [5.74, 6) is -0.407. The van der Waals surface area contributed by atoms with Crippen LogP contribution in [0.2, 0.25) is 0 Å². The molecule has 2 N–H and O–H groups in total. The molecule has 0 bridgehead atoms. The third kappa shape index (κ3) is 6.04. The number of nitrogens with one attached hydrogen (secondary N) is 2. The van der Waals surface area contributed by atoms with Gasteiger partial charge in [-0.2, -0.15) is 0 Å². The first-order valence-corrected chi connectivity index (χ1v) is 9.48. The number of ether oxygens (including phenoxy) is 1. The van der Waals surface area contributed by atoms with Crippen LogP contribution in [0.25, 0.3) is 10.9 Å². The largest absolute Gasteiger partial charge is 0.436 e. The van der Waals surface area contributed by atoms with E-state index in [0.717, 1.165) is 16.5 Å². The quantitative estimate of drug-likeness (QED) is 0.679. The molecule has 0 aliphatic carbocycles. The number of anilines is 1. The molecule has 1 aromatic heterocycles. The van der Waals surface area contributed by atoms with Crippen LogP contribution in [0.3, 0.4) is 0 Å². The van der Waals surface area contributed by atoms with Gasteiger partial charge in [-0.3, -0.25) is 9.78 Å². The third-order valence-electron chi connectivity index (χ3n) is 4.14. The molecule has 0 aliphatic rings. The Kier molecular flexibility index (Phi) is 6.12. The Morgan fingerprint density at radius 1 is 1.03 bits per heavy atom. The monoisotopic (exact) mass is 391 g/mol. The zero-order valence-corrected chi connectivity index (χ0v) is 16.8. The van der Waals surface area contributed by atoms with Crippen LogP contribution in [0.15, 0.2) is 66.9 Å². The molecule has 0 aliphatic heterocycles. The zero-order chi connectivity index (χ0) is 20.9. The van der Waals surface area contributed by atoms with Crippen molar-refractivity contribution in [2.75, 3.05) is 5.32 Å². The second-order valence-electron chi connectivity index (χ2n) is 7.86. The van der Waals surface area contributed by atoms with E-state index in [0.29, 0.717) is 5.69 Å². The SMILES string of the molecule is CC(C)(C)NC(=O)OC(Cc1ccccc1)C(=O)Nc1cnc2ccccc2c1. The molecule has 1 heterocycles. The number of aromatic nitrogens is 1. The van der Waals surface area contributed by atoms with Crippen LogP contribution >= 0.6 is 0 Å². The molecule has 6 heteroatoms. The summed E-state index contributed by atoms with van der Waals surface area (Å²) in [5.41, 5.74) is 1.82. The lowest BCUT2D eigenvalue weighted by molar-refractivity contribution is -0.124. The highest BCUT2D eigenvalue weighted by Gasteiger charge is 2.25. The highest BCUT2D eigenvalue weighted by Crippen LogP contribution is 2.17. The summed E-state index contributed by atoms with van der Waals surface area (Å²) < 4.78 is 5.47. The van der Waals surface area contributed by atoms with E-state index < -0.39 is 23.6 Å². The highest BCUT2D eigenvalue weighted by molar-refractivity contribution is 5.97. The lowest BCUT2D eigenvalue weighted by atomic mass is 10.1. The van der Waals surface area contributed by atoms with Crippen LogP contribution in [-0.2, 0) is 16.0 Å². The van der Waals surface area contributed by atoms with Crippen molar-refractivity contribution >= 4 is 28.6 Å². The molecule has 2 aromatic carbocycles. The first-order chi connectivity index (χ1) is 13.8. The molecule has 6 nitrogen and oxygen atoms in total. The van der Waals surface area contributed by atoms with Crippen molar-refractivity contribution in [3.05, 3.63) is 72.4 Å². The van der Waals surface area contributed by atoms with Crippen LogP contribution in [0, 0.1) is 0 Å². The maximum Gasteiger partial charge on any atom is 0.408 e. The van der Waals surface area contributed by atoms with Gasteiger partial charge in [-0.1, -0.05) is 48.5 Å². The topological polar surface area (TPSA) is 80.3 Å². The standard InChI is InChI=1S/C23H25N3O3/c1-23(2,3)26-22(28)29-20(13-16-9-5-4-6-10-16)21(27)25-18-14-17-11-7-8-12-19(17)24-15-18/h4-12,14-15,20H,13H2,1-3H3,(H,25,27)(H,26,28). The van der Waals surface area contributed by atoms with E-state index in [9.17, 15) is 9.59 Å². The molecule has 29 heavy (non-hydrogen) atoms. The Bertz CT molecular complexity index is 997. The molecule has 0 spiro atoms. The number of hydrogen-bond acceptors (Lipinski definition) is 4. The smallest absolute Gasteiger partial charge is 0.408 e. The first-order valence-electron chi connectivity index (χ1n) is 9.48. The number of pyridine rings is 1. The Morgan fingerprint density at radius 3 is 2.45 bits per heavy atom. The van der Waals surface area contributed by atoms with Gasteiger partial charge in [-0.15, -0.1) is 0 Å². The number of carbonyl (C=O) groups excluding carboxylic acids is 2. The number of carbonyl (C=O) groups is 2. The van der Waals surface area contributed by atoms with Crippen LogP contribution in [0.5, 0.6) is 0 Å². The molecule has 150 valence electrons. The summed E-state index contributed by atoms with van der Waals surface area (Å²) in [6.45, 7) is 5.55. The van der Waals surface area contributed by atoms with Gasteiger partial charge in [0.05, 0.1) is 17.4 Å². The van der Waals surface area contributed by atoms with Crippen LogP contribution < -0.4 is 10.6 Å². The fraction of sp³-hybridized carbons (Fsp3) is 0.261. The summed E-state index contributed by atoms with van der Waals surface area (Å²) in [6, 6.07) is 18.9. The van der Waals surface area contributed by atoms with E-state index >= 15 is 0 Å². The van der Waals surface area contributed by atoms with Gasteiger partial charge < -0.3 is 15.4 Å². The molecular weight excluding hydrogens is 366 g/mol. The van der Waals surface area contributed by atoms with E-state index in [1.807, 2.05) is 81.4 Å². The summed E-state index contributed by atoms with van der Waals surface area (Å²) in [5, 5.41) is 6.45. The van der Waals surface area contributed by atoms with E-state index in [1.54, 1.807) is 6.20 Å². The minimum absolute atomic E-state index is 0.269. The number of hydrogen-bond donors (Lipinski definition) is 2. The second-order valence-corrected chi connectivity index (χ2v) is 7.86. The Morgan fingerprint density at radius 2 is 1.72 bits per heavy atom. The summed E-state index contributed by atoms with van der Waals surface area (Å²) in [4.78, 5) is 29.5. The fourth-order valence-corrected chi connectivity index (χ4v) is 2.84. The highest BCUT2D eigenvalue weighted by atomic mass is 16.6. The maximum atomic E-state index is 12.9. The molecule has 3 rings (SSSR count). The Hall–Kier alpha value is -3.41. The lowest BCUT2D eigenvalue weighted by Gasteiger charge is -2.23. The summed E-state index contributed by atoms with van der Waals surface area (Å²) in [7, 11) is 0. The van der Waals surface area contributed by atoms with Crippen molar-refractivity contribution < 1.29 is 14.3 Å². The number of para-hydroxylation sites is 1. The van der Waals surface area contributed by atoms with Crippen molar-refractivity contribution in [1.82, 2.24) is 10.3 Å². The van der Waals surface area contributed by atoms with E-state index in [4.69, 9.17) is 4.74 Å². The molecule has 2 amide bonds. The number of amides is 2. The van der Waals surface area contributed by atoms with Gasteiger partial charge in [0.15, 0.2) is 6.10 Å². The molecule has 1 unspecified atom stereocenters. The van der Waals surface area contributed by atoms with E-state index in [2.05, 4.69) is 15.6 Å². The predicted molar refractivity (Wildman–Crippen MR) is 114 cm³/mol. The number of rotatable bonds is 5. The number of nitrogens with zero attached hydrogens (tertiary/aromatic N) is 1. The Labute approximate surface area is 170 Å². The average Bonchev–Trinajstić information content (AvgIpc) is 2.66. The minimum Gasteiger partial charge on any atom is -0.436 e. The van der Waals surface area contributed by atoms with Gasteiger partial charge >= 0.3 is 6.09 Å². The number of fused-ring (bicyclic) bond motifs is 1. The number of alkyl carbamates (subject to hydrolysis) is 1. The Balaban J connectivity index is 1.77. The van der Waals surface area contributed by atoms with Crippen molar-refractivity contribution in [2.24, 2.45) is 0 Å². The summed E-state index contributed by atoms with van der Waals surface area (Å²) in [6.07, 6.45) is 0.247. The molecule has 0 fully saturated rings. The van der Waals surface area contributed by atoms with Gasteiger partial charge in [-0.05, 0) is 38.5 Å². The summed E-state index contributed by atoms with van der Waals surface area (Å²) >= 11 is 0. The van der Waals surface area contributed by atoms with Crippen molar-refractivity contribution in [1.29, 1.82) is 0 Å². The maximum absolute atomic E-state index is 12.9. The molecule has 3 aromatic rings. The average molecular weight is 391 g/mol. The van der Waals surface area contributed by atoms with Crippen molar-refractivity contribution in [3.8, 4) is 0 Å². The molecule has 0 radical (unpaired) electrons. The van der Waals surface area contributed by atoms with E-state index in [1.165, 1.54) is 0 Å². The van der Waals surface area contributed by atoms with E-state index in [-0.39, 0.29) is 6.42 Å². The minimum atomic E-state index is -0.980. The molecular formula is C23H25N3O3. The van der Waals surface area contributed by atoms with Gasteiger partial charge in [0.2, 0.25) is 0 Å². The first kappa shape index (κ1) is 20.3. The van der Waals surface area contributed by atoms with Gasteiger partial charge in [0.1, 0.15) is 0 Å². The third-order valence-corrected chi connectivity index (χ3v) is 4.14. The second kappa shape index (κ2) is 8.73.